The van der Waals surface area contributed by atoms with Gasteiger partial charge in [0.1, 0.15) is 0 Å². The predicted molar refractivity (Wildman–Crippen MR) is 62.0 cm³/mol. The van der Waals surface area contributed by atoms with E-state index in [1.165, 1.54) is 30.9 Å². The van der Waals surface area contributed by atoms with Crippen molar-refractivity contribution in [2.75, 3.05) is 0 Å². The van der Waals surface area contributed by atoms with Crippen LogP contribution >= 0.6 is 0 Å². The Hall–Kier alpha value is -0.373. The van der Waals surface area contributed by atoms with Crippen molar-refractivity contribution >= 4 is 13.9 Å². The Bertz CT molecular complexity index is 296. The van der Waals surface area contributed by atoms with Gasteiger partial charge in [0.2, 0.25) is 0 Å². The van der Waals surface area contributed by atoms with Crippen LogP contribution in [0.3, 0.4) is 0 Å². The lowest BCUT2D eigenvalue weighted by Crippen LogP contribution is -2.28. The lowest BCUT2D eigenvalue weighted by atomic mass is 9.86. The normalized spacial score (nSPS) is 28.2. The molecular formula is C12H20OSi. The molecule has 0 bridgehead atoms. The first-order valence-electron chi connectivity index (χ1n) is 5.77. The van der Waals surface area contributed by atoms with E-state index in [-0.39, 0.29) is 0 Å². The van der Waals surface area contributed by atoms with Crippen LogP contribution in [0.5, 0.6) is 0 Å². The molecule has 1 unspecified atom stereocenters. The molecule has 1 saturated carbocycles. The maximum absolute atomic E-state index is 12.0. The number of hydrogen-bond donors (Lipinski definition) is 0. The van der Waals surface area contributed by atoms with Gasteiger partial charge in [0.15, 0.2) is 5.78 Å². The second kappa shape index (κ2) is 3.33. The molecule has 0 aromatic rings. The summed E-state index contributed by atoms with van der Waals surface area (Å²) < 4.78 is 0. The minimum absolute atomic E-state index is 0.492. The number of ketones is 1. The lowest BCUT2D eigenvalue weighted by molar-refractivity contribution is -0.114. The molecule has 14 heavy (non-hydrogen) atoms. The van der Waals surface area contributed by atoms with Crippen molar-refractivity contribution in [2.24, 2.45) is 5.92 Å². The summed E-state index contributed by atoms with van der Waals surface area (Å²) in [5, 5.41) is 1.31. The van der Waals surface area contributed by atoms with Crippen LogP contribution in [-0.2, 0) is 4.79 Å². The highest BCUT2D eigenvalue weighted by atomic mass is 28.3. The first-order valence-corrected chi connectivity index (χ1v) is 9.27. The highest BCUT2D eigenvalue weighted by Crippen LogP contribution is 2.42. The third kappa shape index (κ3) is 1.60. The average Bonchev–Trinajstić information content (AvgIpc) is 2.38. The standard InChI is InChI=1S/C12H20OSi/c1-14(2,3)12-10-7-5-4-6-9(10)8-11(12)13/h9H,4-8H2,1-3H3. The van der Waals surface area contributed by atoms with Crippen LogP contribution in [0.1, 0.15) is 32.1 Å². The third-order valence-corrected chi connectivity index (χ3v) is 5.62. The van der Waals surface area contributed by atoms with Crippen LogP contribution in [-0.4, -0.2) is 13.9 Å². The number of hydrogen-bond acceptors (Lipinski definition) is 1. The SMILES string of the molecule is C[Si](C)(C)C1=C2CCCCC2CC1=O. The Morgan fingerprint density at radius 3 is 2.57 bits per heavy atom. The van der Waals surface area contributed by atoms with E-state index in [1.54, 1.807) is 5.57 Å². The van der Waals surface area contributed by atoms with Gasteiger partial charge in [-0.25, -0.2) is 0 Å². The highest BCUT2D eigenvalue weighted by molar-refractivity contribution is 6.87. The molecule has 0 radical (unpaired) electrons. The van der Waals surface area contributed by atoms with Gasteiger partial charge < -0.3 is 0 Å². The van der Waals surface area contributed by atoms with Gasteiger partial charge >= 0.3 is 0 Å². The molecule has 1 fully saturated rings. The molecule has 78 valence electrons. The molecule has 0 N–H and O–H groups in total. The minimum atomic E-state index is -1.37. The van der Waals surface area contributed by atoms with Gasteiger partial charge in [-0.2, -0.15) is 0 Å². The predicted octanol–water partition coefficient (Wildman–Crippen LogP) is 3.32. The Labute approximate surface area is 87.6 Å². The Balaban J connectivity index is 2.39. The summed E-state index contributed by atoms with van der Waals surface area (Å²) in [6.07, 6.45) is 5.98. The molecule has 0 aromatic heterocycles. The zero-order valence-electron chi connectivity index (χ0n) is 9.52. The van der Waals surface area contributed by atoms with Crippen LogP contribution in [0, 0.1) is 5.92 Å². The number of rotatable bonds is 1. The van der Waals surface area contributed by atoms with Gasteiger partial charge in [-0.15, -0.1) is 0 Å². The summed E-state index contributed by atoms with van der Waals surface area (Å²) in [5.41, 5.74) is 1.57. The summed E-state index contributed by atoms with van der Waals surface area (Å²) >= 11 is 0. The molecule has 2 aliphatic rings. The van der Waals surface area contributed by atoms with E-state index >= 15 is 0 Å². The fourth-order valence-corrected chi connectivity index (χ4v) is 5.27. The molecule has 0 spiro atoms. The zero-order chi connectivity index (χ0) is 10.3. The van der Waals surface area contributed by atoms with Gasteiger partial charge in [-0.1, -0.05) is 31.6 Å². The van der Waals surface area contributed by atoms with Gasteiger partial charge in [0, 0.05) is 6.42 Å². The van der Waals surface area contributed by atoms with Crippen molar-refractivity contribution in [3.63, 3.8) is 0 Å². The molecule has 1 atom stereocenters. The van der Waals surface area contributed by atoms with E-state index in [9.17, 15) is 4.79 Å². The lowest BCUT2D eigenvalue weighted by Gasteiger charge is -2.24. The Kier molecular flexibility index (Phi) is 2.42. The van der Waals surface area contributed by atoms with E-state index in [1.807, 2.05) is 0 Å². The van der Waals surface area contributed by atoms with Crippen LogP contribution in [0.25, 0.3) is 0 Å². The second-order valence-corrected chi connectivity index (χ2v) is 10.7. The fourth-order valence-electron chi connectivity index (χ4n) is 3.04. The maximum Gasteiger partial charge on any atom is 0.155 e. The average molecular weight is 208 g/mol. The smallest absolute Gasteiger partial charge is 0.155 e. The summed E-state index contributed by atoms with van der Waals surface area (Å²) in [7, 11) is -1.37. The first-order chi connectivity index (χ1) is 6.50. The van der Waals surface area contributed by atoms with E-state index in [0.29, 0.717) is 11.7 Å². The van der Waals surface area contributed by atoms with Gasteiger partial charge in [0.25, 0.3) is 0 Å². The number of Topliss-reactive ketones (excluding diaryl/α,β-unsaturated/α-hetero) is 1. The van der Waals surface area contributed by atoms with Crippen molar-refractivity contribution < 1.29 is 4.79 Å². The summed E-state index contributed by atoms with van der Waals surface area (Å²) in [6.45, 7) is 6.93. The molecule has 0 saturated heterocycles. The molecule has 1 nitrogen and oxygen atoms in total. The van der Waals surface area contributed by atoms with Gasteiger partial charge in [0.05, 0.1) is 8.07 Å². The fraction of sp³-hybridized carbons (Fsp3) is 0.750. The quantitative estimate of drug-likeness (QED) is 0.604. The van der Waals surface area contributed by atoms with Crippen molar-refractivity contribution in [1.82, 2.24) is 0 Å². The number of allylic oxidation sites excluding steroid dienone is 2. The minimum Gasteiger partial charge on any atom is -0.295 e. The van der Waals surface area contributed by atoms with E-state index in [4.69, 9.17) is 0 Å². The second-order valence-electron chi connectivity index (χ2n) is 5.72. The first kappa shape index (κ1) is 10.2. The van der Waals surface area contributed by atoms with Crippen molar-refractivity contribution in [3.8, 4) is 0 Å². The topological polar surface area (TPSA) is 17.1 Å². The third-order valence-electron chi connectivity index (χ3n) is 3.52. The molecule has 2 heteroatoms. The molecule has 0 amide bonds. The van der Waals surface area contributed by atoms with E-state index < -0.39 is 8.07 Å². The van der Waals surface area contributed by atoms with Crippen LogP contribution in [0.15, 0.2) is 10.8 Å². The largest absolute Gasteiger partial charge is 0.295 e. The van der Waals surface area contributed by atoms with E-state index in [2.05, 4.69) is 19.6 Å². The Morgan fingerprint density at radius 2 is 1.93 bits per heavy atom. The molecular weight excluding hydrogens is 188 g/mol. The summed E-state index contributed by atoms with van der Waals surface area (Å²) in [4.78, 5) is 12.0. The summed E-state index contributed by atoms with van der Waals surface area (Å²) in [6, 6.07) is 0. The van der Waals surface area contributed by atoms with Crippen molar-refractivity contribution in [1.29, 1.82) is 0 Å². The van der Waals surface area contributed by atoms with E-state index in [0.717, 1.165) is 6.42 Å². The zero-order valence-corrected chi connectivity index (χ0v) is 10.5. The summed E-state index contributed by atoms with van der Waals surface area (Å²) in [5.74, 6) is 1.14. The van der Waals surface area contributed by atoms with Gasteiger partial charge in [-0.05, 0) is 30.4 Å². The van der Waals surface area contributed by atoms with Crippen molar-refractivity contribution in [2.45, 2.75) is 51.7 Å². The molecule has 0 aliphatic heterocycles. The highest BCUT2D eigenvalue weighted by Gasteiger charge is 2.38. The number of carbonyl (C=O) groups excluding carboxylic acids is 1. The van der Waals surface area contributed by atoms with Gasteiger partial charge in [-0.3, -0.25) is 4.79 Å². The molecule has 2 rings (SSSR count). The van der Waals surface area contributed by atoms with Crippen LogP contribution in [0.4, 0.5) is 0 Å². The number of fused-ring (bicyclic) bond motifs is 1. The molecule has 0 aromatic carbocycles. The maximum atomic E-state index is 12.0. The van der Waals surface area contributed by atoms with Crippen molar-refractivity contribution in [3.05, 3.63) is 10.8 Å². The molecule has 2 aliphatic carbocycles. The van der Waals surface area contributed by atoms with Crippen LogP contribution < -0.4 is 0 Å². The molecule has 0 heterocycles. The van der Waals surface area contributed by atoms with Crippen LogP contribution in [0.2, 0.25) is 19.6 Å². The number of carbonyl (C=O) groups is 1. The monoisotopic (exact) mass is 208 g/mol. The Morgan fingerprint density at radius 1 is 1.21 bits per heavy atom.